The molecular formula is C16H16N2O3S2. The van der Waals surface area contributed by atoms with Gasteiger partial charge in [-0.05, 0) is 25.0 Å². The molecule has 5 nitrogen and oxygen atoms in total. The molecule has 1 aliphatic heterocycles. The second-order valence-corrected chi connectivity index (χ2v) is 7.58. The van der Waals surface area contributed by atoms with E-state index in [1.807, 2.05) is 31.2 Å². The van der Waals surface area contributed by atoms with E-state index >= 15 is 0 Å². The van der Waals surface area contributed by atoms with Crippen molar-refractivity contribution in [2.45, 2.75) is 20.3 Å². The van der Waals surface area contributed by atoms with Gasteiger partial charge in [0.15, 0.2) is 0 Å². The molecule has 0 atom stereocenters. The second-order valence-electron chi connectivity index (χ2n) is 4.84. The molecule has 0 spiro atoms. The van der Waals surface area contributed by atoms with Crippen LogP contribution in [0.5, 0.6) is 0 Å². The Balaban J connectivity index is 2.23. The van der Waals surface area contributed by atoms with Crippen LogP contribution in [0.4, 0.5) is 0 Å². The number of thioether (sulfide) groups is 1. The number of hydrogen-bond donors (Lipinski definition) is 0. The molecule has 1 aromatic rings. The number of hydrogen-bond acceptors (Lipinski definition) is 5. The zero-order valence-electron chi connectivity index (χ0n) is 12.8. The maximum atomic E-state index is 11.5. The van der Waals surface area contributed by atoms with Gasteiger partial charge >= 0.3 is 10.1 Å². The Bertz CT molecular complexity index is 831. The van der Waals surface area contributed by atoms with Crippen LogP contribution in [0.3, 0.4) is 0 Å². The number of aryl methyl sites for hydroxylation is 1. The van der Waals surface area contributed by atoms with Gasteiger partial charge in [-0.25, -0.2) is 4.85 Å². The molecule has 0 aliphatic carbocycles. The summed E-state index contributed by atoms with van der Waals surface area (Å²) < 4.78 is 27.6. The van der Waals surface area contributed by atoms with Crippen molar-refractivity contribution >= 4 is 32.6 Å². The highest BCUT2D eigenvalue weighted by Crippen LogP contribution is 2.35. The van der Waals surface area contributed by atoms with Gasteiger partial charge in [0.25, 0.3) is 0 Å². The molecule has 0 bridgehead atoms. The average molecular weight is 348 g/mol. The number of rotatable bonds is 5. The molecule has 2 rings (SSSR count). The fourth-order valence-corrected chi connectivity index (χ4v) is 3.61. The first-order valence-electron chi connectivity index (χ1n) is 7.00. The molecule has 0 aromatic heterocycles. The molecule has 0 unspecified atom stereocenters. The van der Waals surface area contributed by atoms with Crippen molar-refractivity contribution in [1.82, 2.24) is 0 Å². The molecule has 0 saturated heterocycles. The summed E-state index contributed by atoms with van der Waals surface area (Å²) in [6.45, 7) is 11.1. The van der Waals surface area contributed by atoms with Gasteiger partial charge in [-0.1, -0.05) is 59.7 Å². The average Bonchev–Trinajstić information content (AvgIpc) is 2.97. The SMILES string of the molecule is [C-]#[N+]/C(=C1C=C/C(=N/OS(=O)(=O)CCC)S/1)c1ccccc1C. The predicted octanol–water partition coefficient (Wildman–Crippen LogP) is 3.96. The highest BCUT2D eigenvalue weighted by atomic mass is 32.2. The Labute approximate surface area is 140 Å². The normalized spacial score (nSPS) is 18.0. The maximum absolute atomic E-state index is 11.5. The summed E-state index contributed by atoms with van der Waals surface area (Å²) >= 11 is 1.22. The van der Waals surface area contributed by atoms with E-state index in [-0.39, 0.29) is 5.75 Å². The van der Waals surface area contributed by atoms with Gasteiger partial charge in [0.1, 0.15) is 5.04 Å². The number of allylic oxidation sites excluding steroid dienone is 1. The fourth-order valence-electron chi connectivity index (χ4n) is 1.97. The van der Waals surface area contributed by atoms with Crippen molar-refractivity contribution in [2.24, 2.45) is 5.16 Å². The van der Waals surface area contributed by atoms with E-state index in [0.29, 0.717) is 17.2 Å². The Kier molecular flexibility index (Phi) is 5.64. The zero-order valence-corrected chi connectivity index (χ0v) is 14.4. The van der Waals surface area contributed by atoms with Crippen LogP contribution in [-0.4, -0.2) is 19.2 Å². The molecule has 0 saturated carbocycles. The number of oxime groups is 1. The molecule has 1 aromatic carbocycles. The molecule has 0 N–H and O–H groups in total. The van der Waals surface area contributed by atoms with Crippen LogP contribution in [-0.2, 0) is 14.4 Å². The van der Waals surface area contributed by atoms with Gasteiger partial charge in [0, 0.05) is 4.91 Å². The van der Waals surface area contributed by atoms with Crippen LogP contribution < -0.4 is 0 Å². The quantitative estimate of drug-likeness (QED) is 0.597. The maximum Gasteiger partial charge on any atom is 0.328 e. The van der Waals surface area contributed by atoms with Crippen LogP contribution in [0.25, 0.3) is 10.5 Å². The zero-order chi connectivity index (χ0) is 16.9. The minimum atomic E-state index is -3.63. The van der Waals surface area contributed by atoms with E-state index in [0.717, 1.165) is 16.0 Å². The van der Waals surface area contributed by atoms with Crippen molar-refractivity contribution in [2.75, 3.05) is 5.75 Å². The van der Waals surface area contributed by atoms with Crippen LogP contribution in [0.1, 0.15) is 24.5 Å². The lowest BCUT2D eigenvalue weighted by molar-refractivity contribution is 0.340. The van der Waals surface area contributed by atoms with Gasteiger partial charge in [0.2, 0.25) is 5.70 Å². The molecule has 23 heavy (non-hydrogen) atoms. The minimum absolute atomic E-state index is 0.0721. The topological polar surface area (TPSA) is 60.1 Å². The Morgan fingerprint density at radius 2 is 2.09 bits per heavy atom. The van der Waals surface area contributed by atoms with Crippen molar-refractivity contribution in [3.8, 4) is 0 Å². The summed E-state index contributed by atoms with van der Waals surface area (Å²) in [5, 5.41) is 4.08. The summed E-state index contributed by atoms with van der Waals surface area (Å²) in [6.07, 6.45) is 3.86. The molecule has 7 heteroatoms. The van der Waals surface area contributed by atoms with Gasteiger partial charge in [-0.2, -0.15) is 8.42 Å². The van der Waals surface area contributed by atoms with E-state index < -0.39 is 10.1 Å². The molecule has 1 aliphatic rings. The highest BCUT2D eigenvalue weighted by Gasteiger charge is 2.18. The van der Waals surface area contributed by atoms with E-state index in [9.17, 15) is 8.42 Å². The third-order valence-corrected chi connectivity index (χ3v) is 5.21. The summed E-state index contributed by atoms with van der Waals surface area (Å²) in [5.74, 6) is -0.0721. The molecule has 1 heterocycles. The predicted molar refractivity (Wildman–Crippen MR) is 94.0 cm³/mol. The van der Waals surface area contributed by atoms with Crippen LogP contribution in [0.15, 0.2) is 46.5 Å². The molecule has 120 valence electrons. The lowest BCUT2D eigenvalue weighted by atomic mass is 10.1. The molecule has 0 amide bonds. The highest BCUT2D eigenvalue weighted by molar-refractivity contribution is 8.18. The van der Waals surface area contributed by atoms with Gasteiger partial charge in [-0.3, -0.25) is 4.28 Å². The standard InChI is InChI=1S/C16H16N2O3S2/c1-4-11-23(19,20)21-18-15-10-9-14(22-15)16(17-3)13-8-6-5-7-12(13)2/h5-10H,4,11H2,1-2H3/b16-14-,18-15-. The van der Waals surface area contributed by atoms with E-state index in [2.05, 4.69) is 14.3 Å². The van der Waals surface area contributed by atoms with E-state index in [1.54, 1.807) is 19.1 Å². The van der Waals surface area contributed by atoms with E-state index in [4.69, 9.17) is 6.57 Å². The summed E-state index contributed by atoms with van der Waals surface area (Å²) in [5.41, 5.74) is 2.38. The Morgan fingerprint density at radius 1 is 1.35 bits per heavy atom. The van der Waals surface area contributed by atoms with Gasteiger partial charge in [0.05, 0.1) is 12.3 Å². The summed E-state index contributed by atoms with van der Waals surface area (Å²) in [6, 6.07) is 7.64. The molecule has 0 radical (unpaired) electrons. The van der Waals surface area contributed by atoms with Crippen LogP contribution in [0, 0.1) is 13.5 Å². The van der Waals surface area contributed by atoms with Crippen LogP contribution in [0.2, 0.25) is 0 Å². The minimum Gasteiger partial charge on any atom is -0.267 e. The van der Waals surface area contributed by atoms with Gasteiger partial charge in [-0.15, -0.1) is 0 Å². The smallest absolute Gasteiger partial charge is 0.267 e. The van der Waals surface area contributed by atoms with Crippen molar-refractivity contribution in [1.29, 1.82) is 0 Å². The third kappa shape index (κ3) is 4.47. The first-order chi connectivity index (χ1) is 11.0. The van der Waals surface area contributed by atoms with Crippen LogP contribution >= 0.6 is 11.8 Å². The Hall–Kier alpha value is -2.04. The monoisotopic (exact) mass is 348 g/mol. The molecule has 0 fully saturated rings. The van der Waals surface area contributed by atoms with Crippen molar-refractivity contribution in [3.63, 3.8) is 0 Å². The lowest BCUT2D eigenvalue weighted by Crippen LogP contribution is -2.06. The largest absolute Gasteiger partial charge is 0.328 e. The first kappa shape index (κ1) is 17.3. The third-order valence-electron chi connectivity index (χ3n) is 3.03. The Morgan fingerprint density at radius 3 is 2.74 bits per heavy atom. The number of benzene rings is 1. The van der Waals surface area contributed by atoms with Crippen molar-refractivity contribution < 1.29 is 12.7 Å². The van der Waals surface area contributed by atoms with E-state index in [1.165, 1.54) is 11.8 Å². The summed E-state index contributed by atoms with van der Waals surface area (Å²) in [4.78, 5) is 4.34. The lowest BCUT2D eigenvalue weighted by Gasteiger charge is -2.06. The number of nitrogens with zero attached hydrogens (tertiary/aromatic N) is 2. The molecular weight excluding hydrogens is 332 g/mol. The fraction of sp³-hybridized carbons (Fsp3) is 0.250. The van der Waals surface area contributed by atoms with Crippen molar-refractivity contribution in [3.05, 3.63) is 63.9 Å². The first-order valence-corrected chi connectivity index (χ1v) is 9.39. The second kappa shape index (κ2) is 7.49. The van der Waals surface area contributed by atoms with Gasteiger partial charge < -0.3 is 0 Å². The summed E-state index contributed by atoms with van der Waals surface area (Å²) in [7, 11) is -3.63.